The van der Waals surface area contributed by atoms with Crippen LogP contribution in [0, 0.1) is 10.1 Å². The molecule has 9 nitrogen and oxygen atoms in total. The van der Waals surface area contributed by atoms with Gasteiger partial charge in [0.05, 0.1) is 29.4 Å². The fourth-order valence-corrected chi connectivity index (χ4v) is 3.99. The molecule has 1 aliphatic heterocycles. The molecule has 2 aromatic heterocycles. The molecule has 0 atom stereocenters. The Bertz CT molecular complexity index is 1330. The van der Waals surface area contributed by atoms with E-state index in [0.29, 0.717) is 49.1 Å². The van der Waals surface area contributed by atoms with Crippen molar-refractivity contribution in [2.24, 2.45) is 0 Å². The molecule has 1 saturated heterocycles. The lowest BCUT2D eigenvalue weighted by atomic mass is 10.1. The quantitative estimate of drug-likeness (QED) is 0.370. The number of nitro benzene ring substituents is 1. The lowest BCUT2D eigenvalue weighted by Crippen LogP contribution is -2.37. The van der Waals surface area contributed by atoms with Gasteiger partial charge in [-0.1, -0.05) is 36.4 Å². The van der Waals surface area contributed by atoms with Crippen LogP contribution in [0.25, 0.3) is 16.9 Å². The number of ether oxygens (including phenoxy) is 1. The summed E-state index contributed by atoms with van der Waals surface area (Å²) >= 11 is 0. The van der Waals surface area contributed by atoms with E-state index in [0.717, 1.165) is 5.56 Å². The summed E-state index contributed by atoms with van der Waals surface area (Å²) in [6.45, 7) is 2.26. The highest BCUT2D eigenvalue weighted by atomic mass is 16.6. The minimum atomic E-state index is -0.497. The Hall–Kier alpha value is -4.24. The van der Waals surface area contributed by atoms with Gasteiger partial charge in [0.2, 0.25) is 0 Å². The first kappa shape index (κ1) is 20.7. The van der Waals surface area contributed by atoms with Gasteiger partial charge >= 0.3 is 0 Å². The fraction of sp³-hybridized carbons (Fsp3) is 0.167. The van der Waals surface area contributed by atoms with Gasteiger partial charge in [0, 0.05) is 37.0 Å². The van der Waals surface area contributed by atoms with Crippen molar-refractivity contribution in [1.29, 1.82) is 0 Å². The molecule has 0 unspecified atom stereocenters. The SMILES string of the molecule is O=C(Nc1c(-c2ccccc2)nc2ccccn12)c1cc([N+](=O)[O-])ccc1N1CCOCC1. The number of carbonyl (C=O) groups is 1. The number of nitrogens with one attached hydrogen (secondary N) is 1. The number of benzene rings is 2. The number of aromatic nitrogens is 2. The van der Waals surface area contributed by atoms with Crippen LogP contribution in [0.5, 0.6) is 0 Å². The maximum atomic E-state index is 13.5. The normalized spacial score (nSPS) is 13.8. The first-order valence-electron chi connectivity index (χ1n) is 10.6. The molecule has 3 heterocycles. The van der Waals surface area contributed by atoms with E-state index in [2.05, 4.69) is 5.32 Å². The molecular weight excluding hydrogens is 422 g/mol. The summed E-state index contributed by atoms with van der Waals surface area (Å²) in [7, 11) is 0. The Labute approximate surface area is 189 Å². The van der Waals surface area contributed by atoms with Gasteiger partial charge in [-0.2, -0.15) is 0 Å². The molecule has 0 spiro atoms. The number of hydrogen-bond acceptors (Lipinski definition) is 6. The van der Waals surface area contributed by atoms with Crippen molar-refractivity contribution in [2.45, 2.75) is 0 Å². The number of nitrogens with zero attached hydrogens (tertiary/aromatic N) is 4. The largest absolute Gasteiger partial charge is 0.378 e. The zero-order valence-electron chi connectivity index (χ0n) is 17.7. The minimum absolute atomic E-state index is 0.140. The van der Waals surface area contributed by atoms with E-state index in [9.17, 15) is 14.9 Å². The molecule has 1 fully saturated rings. The minimum Gasteiger partial charge on any atom is -0.378 e. The number of hydrogen-bond donors (Lipinski definition) is 1. The molecule has 0 bridgehead atoms. The maximum absolute atomic E-state index is 13.5. The number of pyridine rings is 1. The zero-order chi connectivity index (χ0) is 22.8. The van der Waals surface area contributed by atoms with E-state index in [-0.39, 0.29) is 11.3 Å². The van der Waals surface area contributed by atoms with E-state index in [1.165, 1.54) is 12.1 Å². The number of carbonyl (C=O) groups excluding carboxylic acids is 1. The summed E-state index contributed by atoms with van der Waals surface area (Å²) in [6.07, 6.45) is 1.82. The molecule has 0 saturated carbocycles. The molecule has 4 aromatic rings. The van der Waals surface area contributed by atoms with Gasteiger partial charge in [-0.25, -0.2) is 4.98 Å². The number of anilines is 2. The lowest BCUT2D eigenvalue weighted by molar-refractivity contribution is -0.384. The average molecular weight is 443 g/mol. The van der Waals surface area contributed by atoms with E-state index in [1.807, 2.05) is 59.6 Å². The monoisotopic (exact) mass is 443 g/mol. The van der Waals surface area contributed by atoms with Crippen LogP contribution in [0.4, 0.5) is 17.2 Å². The van der Waals surface area contributed by atoms with Crippen LogP contribution in [0.3, 0.4) is 0 Å². The van der Waals surface area contributed by atoms with Crippen molar-refractivity contribution in [1.82, 2.24) is 9.38 Å². The average Bonchev–Trinajstić information content (AvgIpc) is 3.23. The maximum Gasteiger partial charge on any atom is 0.270 e. The second kappa shape index (κ2) is 8.71. The molecule has 166 valence electrons. The molecule has 1 aliphatic rings. The number of amides is 1. The molecule has 5 rings (SSSR count). The van der Waals surface area contributed by atoms with E-state index >= 15 is 0 Å². The van der Waals surface area contributed by atoms with Crippen LogP contribution in [-0.4, -0.2) is 46.5 Å². The highest BCUT2D eigenvalue weighted by Crippen LogP contribution is 2.31. The standard InChI is InChI=1S/C24H21N5O4/c30-24(19-16-18(29(31)32)9-10-20(19)27-12-14-33-15-13-27)26-23-22(17-6-2-1-3-7-17)25-21-8-4-5-11-28(21)23/h1-11,16H,12-15H2,(H,26,30). The second-order valence-electron chi connectivity index (χ2n) is 7.62. The van der Waals surface area contributed by atoms with Crippen LogP contribution < -0.4 is 10.2 Å². The molecule has 2 aromatic carbocycles. The lowest BCUT2D eigenvalue weighted by Gasteiger charge is -2.30. The van der Waals surface area contributed by atoms with Crippen molar-refractivity contribution < 1.29 is 14.5 Å². The van der Waals surface area contributed by atoms with E-state index < -0.39 is 10.8 Å². The second-order valence-corrected chi connectivity index (χ2v) is 7.62. The van der Waals surface area contributed by atoms with Gasteiger partial charge in [0.15, 0.2) is 0 Å². The van der Waals surface area contributed by atoms with Crippen molar-refractivity contribution in [3.63, 3.8) is 0 Å². The smallest absolute Gasteiger partial charge is 0.270 e. The third kappa shape index (κ3) is 4.01. The van der Waals surface area contributed by atoms with Gasteiger partial charge < -0.3 is 15.0 Å². The zero-order valence-corrected chi connectivity index (χ0v) is 17.7. The summed E-state index contributed by atoms with van der Waals surface area (Å²) in [4.78, 5) is 31.2. The number of imidazole rings is 1. The molecule has 1 amide bonds. The molecule has 0 aliphatic carbocycles. The molecule has 0 radical (unpaired) electrons. The third-order valence-corrected chi connectivity index (χ3v) is 5.60. The van der Waals surface area contributed by atoms with Crippen molar-refractivity contribution >= 4 is 28.7 Å². The van der Waals surface area contributed by atoms with Crippen LogP contribution in [-0.2, 0) is 4.74 Å². The predicted octanol–water partition coefficient (Wildman–Crippen LogP) is 4.00. The van der Waals surface area contributed by atoms with E-state index in [1.54, 1.807) is 10.5 Å². The summed E-state index contributed by atoms with van der Waals surface area (Å²) in [5.74, 6) is 0.0595. The Morgan fingerprint density at radius 3 is 2.55 bits per heavy atom. The third-order valence-electron chi connectivity index (χ3n) is 5.60. The molecule has 9 heteroatoms. The van der Waals surface area contributed by atoms with Gasteiger partial charge in [0.25, 0.3) is 11.6 Å². The van der Waals surface area contributed by atoms with E-state index in [4.69, 9.17) is 9.72 Å². The Kier molecular flexibility index (Phi) is 5.45. The van der Waals surface area contributed by atoms with Gasteiger partial charge in [-0.05, 0) is 18.2 Å². The summed E-state index contributed by atoms with van der Waals surface area (Å²) < 4.78 is 7.22. The van der Waals surface area contributed by atoms with Crippen molar-refractivity contribution in [2.75, 3.05) is 36.5 Å². The van der Waals surface area contributed by atoms with Crippen LogP contribution >= 0.6 is 0 Å². The van der Waals surface area contributed by atoms with Gasteiger partial charge in [-0.15, -0.1) is 0 Å². The Morgan fingerprint density at radius 1 is 1.03 bits per heavy atom. The number of rotatable bonds is 5. The Balaban J connectivity index is 1.59. The number of morpholine rings is 1. The predicted molar refractivity (Wildman–Crippen MR) is 125 cm³/mol. The van der Waals surface area contributed by atoms with Gasteiger partial charge in [-0.3, -0.25) is 19.3 Å². The van der Waals surface area contributed by atoms with Crippen LogP contribution in [0.1, 0.15) is 10.4 Å². The highest BCUT2D eigenvalue weighted by molar-refractivity contribution is 6.09. The highest BCUT2D eigenvalue weighted by Gasteiger charge is 2.24. The van der Waals surface area contributed by atoms with Gasteiger partial charge in [0.1, 0.15) is 17.2 Å². The first-order chi connectivity index (χ1) is 16.1. The van der Waals surface area contributed by atoms with Crippen molar-refractivity contribution in [3.8, 4) is 11.3 Å². The van der Waals surface area contributed by atoms with Crippen LogP contribution in [0.2, 0.25) is 0 Å². The number of non-ortho nitro benzene ring substituents is 1. The van der Waals surface area contributed by atoms with Crippen LogP contribution in [0.15, 0.2) is 72.9 Å². The van der Waals surface area contributed by atoms with Crippen molar-refractivity contribution in [3.05, 3.63) is 88.6 Å². The topological polar surface area (TPSA) is 102 Å². The summed E-state index contributed by atoms with van der Waals surface area (Å²) in [5, 5.41) is 14.4. The fourth-order valence-electron chi connectivity index (χ4n) is 3.99. The number of fused-ring (bicyclic) bond motifs is 1. The summed E-state index contributed by atoms with van der Waals surface area (Å²) in [5.41, 5.74) is 2.88. The Morgan fingerprint density at radius 2 is 1.79 bits per heavy atom. The first-order valence-corrected chi connectivity index (χ1v) is 10.6. The summed E-state index contributed by atoms with van der Waals surface area (Å²) in [6, 6.07) is 19.5. The molecule has 1 N–H and O–H groups in total. The molecule has 33 heavy (non-hydrogen) atoms. The number of nitro groups is 1. The molecular formula is C24H21N5O4.